The Kier molecular flexibility index (Phi) is 5.36. The van der Waals surface area contributed by atoms with Crippen molar-refractivity contribution in [1.82, 2.24) is 4.90 Å². The van der Waals surface area contributed by atoms with Crippen LogP contribution < -0.4 is 0 Å². The molecule has 0 radical (unpaired) electrons. The van der Waals surface area contributed by atoms with E-state index >= 15 is 0 Å². The molecule has 0 spiro atoms. The van der Waals surface area contributed by atoms with Crippen LogP contribution in [0.25, 0.3) is 0 Å². The molecule has 1 aromatic heterocycles. The van der Waals surface area contributed by atoms with Crippen molar-refractivity contribution in [1.29, 1.82) is 0 Å². The van der Waals surface area contributed by atoms with E-state index in [4.69, 9.17) is 9.47 Å². The fourth-order valence-electron chi connectivity index (χ4n) is 2.63. The maximum atomic E-state index is 12.4. The third-order valence-corrected chi connectivity index (χ3v) is 5.01. The van der Waals surface area contributed by atoms with Crippen LogP contribution in [0.1, 0.15) is 23.3 Å². The van der Waals surface area contributed by atoms with E-state index in [1.54, 1.807) is 23.3 Å². The molecular weight excluding hydrogens is 290 g/mol. The minimum Gasteiger partial charge on any atom is -0.467 e. The zero-order chi connectivity index (χ0) is 15.4. The van der Waals surface area contributed by atoms with Crippen molar-refractivity contribution in [2.45, 2.75) is 38.3 Å². The lowest BCUT2D eigenvalue weighted by atomic mass is 10.1. The van der Waals surface area contributed by atoms with E-state index in [9.17, 15) is 9.59 Å². The number of rotatable bonds is 5. The van der Waals surface area contributed by atoms with Crippen LogP contribution in [0.4, 0.5) is 0 Å². The molecule has 0 aliphatic carbocycles. The van der Waals surface area contributed by atoms with Gasteiger partial charge in [-0.2, -0.15) is 0 Å². The molecule has 0 N–H and O–H groups in total. The lowest BCUT2D eigenvalue weighted by Crippen LogP contribution is -2.41. The van der Waals surface area contributed by atoms with Crippen molar-refractivity contribution in [3.8, 4) is 0 Å². The molecule has 1 aliphatic rings. The summed E-state index contributed by atoms with van der Waals surface area (Å²) >= 11 is 1.66. The molecule has 21 heavy (non-hydrogen) atoms. The maximum absolute atomic E-state index is 12.4. The summed E-state index contributed by atoms with van der Waals surface area (Å²) in [7, 11) is 2.95. The molecule has 0 saturated carbocycles. The van der Waals surface area contributed by atoms with Gasteiger partial charge in [-0.3, -0.25) is 4.79 Å². The van der Waals surface area contributed by atoms with E-state index in [1.807, 2.05) is 12.3 Å². The molecule has 1 aromatic rings. The number of nitrogens with zero attached hydrogens (tertiary/aromatic N) is 1. The number of amides is 1. The van der Waals surface area contributed by atoms with E-state index in [-0.39, 0.29) is 18.0 Å². The van der Waals surface area contributed by atoms with Crippen LogP contribution in [0.15, 0.2) is 11.4 Å². The fraction of sp³-hybridized carbons (Fsp3) is 0.600. The van der Waals surface area contributed by atoms with E-state index < -0.39 is 6.04 Å². The Balaban J connectivity index is 1.99. The van der Waals surface area contributed by atoms with Crippen molar-refractivity contribution in [2.24, 2.45) is 0 Å². The molecule has 2 atom stereocenters. The lowest BCUT2D eigenvalue weighted by Gasteiger charge is -2.22. The number of likely N-dealkylation sites (tertiary alicyclic amines) is 1. The molecule has 1 fully saturated rings. The zero-order valence-corrected chi connectivity index (χ0v) is 13.4. The first-order chi connectivity index (χ1) is 10.1. The molecule has 0 bridgehead atoms. The van der Waals surface area contributed by atoms with Gasteiger partial charge in [0.2, 0.25) is 5.91 Å². The Morgan fingerprint density at radius 2 is 2.19 bits per heavy atom. The predicted octanol–water partition coefficient (Wildman–Crippen LogP) is 1.78. The Morgan fingerprint density at radius 3 is 2.76 bits per heavy atom. The predicted molar refractivity (Wildman–Crippen MR) is 80.3 cm³/mol. The number of carbonyl (C=O) groups excluding carboxylic acids is 2. The standard InChI is InChI=1S/C15H21NO4S/c1-10-6-7-21-13(10)4-5-14(17)16-9-11(19-2)8-12(16)15(18)20-3/h6-7,11-12H,4-5,8-9H2,1-3H3. The molecule has 2 unspecified atom stereocenters. The van der Waals surface area contributed by atoms with Crippen molar-refractivity contribution >= 4 is 23.2 Å². The van der Waals surface area contributed by atoms with Crippen LogP contribution in [-0.4, -0.2) is 49.7 Å². The summed E-state index contributed by atoms with van der Waals surface area (Å²) in [6.45, 7) is 2.50. The average Bonchev–Trinajstić information content (AvgIpc) is 3.10. The SMILES string of the molecule is COC(=O)C1CC(OC)CN1C(=O)CCc1sccc1C. The van der Waals surface area contributed by atoms with Gasteiger partial charge in [-0.15, -0.1) is 11.3 Å². The number of thiophene rings is 1. The summed E-state index contributed by atoms with van der Waals surface area (Å²) in [5.41, 5.74) is 1.22. The second-order valence-corrected chi connectivity index (χ2v) is 6.21. The van der Waals surface area contributed by atoms with Gasteiger partial charge in [0.25, 0.3) is 0 Å². The number of ether oxygens (including phenoxy) is 2. The van der Waals surface area contributed by atoms with Crippen molar-refractivity contribution in [3.63, 3.8) is 0 Å². The largest absolute Gasteiger partial charge is 0.467 e. The first-order valence-corrected chi connectivity index (χ1v) is 7.87. The van der Waals surface area contributed by atoms with Crippen LogP contribution in [0, 0.1) is 6.92 Å². The Morgan fingerprint density at radius 1 is 1.43 bits per heavy atom. The number of hydrogen-bond acceptors (Lipinski definition) is 5. The normalized spacial score (nSPS) is 21.6. The van der Waals surface area contributed by atoms with Gasteiger partial charge in [0.15, 0.2) is 0 Å². The summed E-state index contributed by atoms with van der Waals surface area (Å²) in [5.74, 6) is -0.382. The highest BCUT2D eigenvalue weighted by molar-refractivity contribution is 7.10. The van der Waals surface area contributed by atoms with E-state index in [0.717, 1.165) is 0 Å². The lowest BCUT2D eigenvalue weighted by molar-refractivity contribution is -0.150. The van der Waals surface area contributed by atoms with Gasteiger partial charge in [0.05, 0.1) is 13.2 Å². The number of carbonyl (C=O) groups is 2. The van der Waals surface area contributed by atoms with Crippen LogP contribution in [0.2, 0.25) is 0 Å². The topological polar surface area (TPSA) is 55.8 Å². The first-order valence-electron chi connectivity index (χ1n) is 6.99. The molecule has 1 amide bonds. The number of methoxy groups -OCH3 is 2. The summed E-state index contributed by atoms with van der Waals surface area (Å²) in [4.78, 5) is 27.0. The number of esters is 1. The number of hydrogen-bond donors (Lipinski definition) is 0. The molecule has 116 valence electrons. The van der Waals surface area contributed by atoms with Gasteiger partial charge in [0.1, 0.15) is 6.04 Å². The molecule has 0 aromatic carbocycles. The van der Waals surface area contributed by atoms with Crippen molar-refractivity contribution in [3.05, 3.63) is 21.9 Å². The fourth-order valence-corrected chi connectivity index (χ4v) is 3.54. The monoisotopic (exact) mass is 311 g/mol. The molecule has 5 nitrogen and oxygen atoms in total. The van der Waals surface area contributed by atoms with Crippen LogP contribution in [0.5, 0.6) is 0 Å². The Bertz CT molecular complexity index is 514. The van der Waals surface area contributed by atoms with Gasteiger partial charge in [-0.1, -0.05) is 0 Å². The highest BCUT2D eigenvalue weighted by atomic mass is 32.1. The minimum absolute atomic E-state index is 0.0160. The summed E-state index contributed by atoms with van der Waals surface area (Å²) < 4.78 is 10.1. The van der Waals surface area contributed by atoms with E-state index in [2.05, 4.69) is 6.07 Å². The Labute approximate surface area is 128 Å². The highest BCUT2D eigenvalue weighted by Crippen LogP contribution is 2.23. The maximum Gasteiger partial charge on any atom is 0.328 e. The van der Waals surface area contributed by atoms with Crippen molar-refractivity contribution in [2.75, 3.05) is 20.8 Å². The second kappa shape index (κ2) is 7.04. The third-order valence-electron chi connectivity index (χ3n) is 3.92. The Hall–Kier alpha value is -1.40. The van der Waals surface area contributed by atoms with Gasteiger partial charge in [-0.25, -0.2) is 4.79 Å². The molecule has 1 aliphatic heterocycles. The van der Waals surface area contributed by atoms with E-state index in [0.29, 0.717) is 25.8 Å². The highest BCUT2D eigenvalue weighted by Gasteiger charge is 2.40. The molecule has 6 heteroatoms. The molecule has 2 heterocycles. The van der Waals surface area contributed by atoms with Gasteiger partial charge in [-0.05, 0) is 30.4 Å². The first kappa shape index (κ1) is 16.0. The second-order valence-electron chi connectivity index (χ2n) is 5.21. The minimum atomic E-state index is -0.517. The smallest absolute Gasteiger partial charge is 0.328 e. The van der Waals surface area contributed by atoms with Crippen LogP contribution >= 0.6 is 11.3 Å². The third kappa shape index (κ3) is 3.63. The van der Waals surface area contributed by atoms with Gasteiger partial charge >= 0.3 is 5.97 Å². The molecule has 2 rings (SSSR count). The summed E-state index contributed by atoms with van der Waals surface area (Å²) in [6.07, 6.45) is 1.53. The summed E-state index contributed by atoms with van der Waals surface area (Å²) in [5, 5.41) is 2.03. The van der Waals surface area contributed by atoms with Crippen LogP contribution in [-0.2, 0) is 25.5 Å². The van der Waals surface area contributed by atoms with Gasteiger partial charge in [0, 0.05) is 31.4 Å². The van der Waals surface area contributed by atoms with E-state index in [1.165, 1.54) is 17.6 Å². The van der Waals surface area contributed by atoms with Crippen molar-refractivity contribution < 1.29 is 19.1 Å². The summed E-state index contributed by atoms with van der Waals surface area (Å²) in [6, 6.07) is 1.54. The molecular formula is C15H21NO4S. The van der Waals surface area contributed by atoms with Crippen LogP contribution in [0.3, 0.4) is 0 Å². The quantitative estimate of drug-likeness (QED) is 0.778. The number of aryl methyl sites for hydroxylation is 2. The van der Waals surface area contributed by atoms with Gasteiger partial charge < -0.3 is 14.4 Å². The average molecular weight is 311 g/mol. The zero-order valence-electron chi connectivity index (χ0n) is 12.6. The molecule has 1 saturated heterocycles.